The highest BCUT2D eigenvalue weighted by atomic mass is 35.5. The summed E-state index contributed by atoms with van der Waals surface area (Å²) in [6.07, 6.45) is 3.14. The molecule has 1 aromatic carbocycles. The lowest BCUT2D eigenvalue weighted by atomic mass is 10.4. The smallest absolute Gasteiger partial charge is 0.240 e. The summed E-state index contributed by atoms with van der Waals surface area (Å²) in [4.78, 5) is 0.253. The number of sulfonamides is 1. The van der Waals surface area contributed by atoms with Gasteiger partial charge in [0.25, 0.3) is 0 Å². The molecule has 2 rings (SSSR count). The van der Waals surface area contributed by atoms with Crippen LogP contribution in [0.15, 0.2) is 47.6 Å². The van der Waals surface area contributed by atoms with Crippen molar-refractivity contribution in [2.24, 2.45) is 0 Å². The van der Waals surface area contributed by atoms with Crippen LogP contribution in [0.1, 0.15) is 0 Å². The van der Waals surface area contributed by atoms with E-state index in [0.717, 1.165) is 0 Å². The number of aromatic nitrogens is 2. The molecule has 0 amide bonds. The molecule has 96 valence electrons. The molecule has 0 atom stereocenters. The van der Waals surface area contributed by atoms with Gasteiger partial charge in [0.1, 0.15) is 0 Å². The third-order valence-electron chi connectivity index (χ3n) is 2.29. The molecule has 7 heteroatoms. The minimum atomic E-state index is -3.45. The molecule has 1 N–H and O–H groups in total. The van der Waals surface area contributed by atoms with Gasteiger partial charge in [-0.3, -0.25) is 4.68 Å². The minimum absolute atomic E-state index is 0.253. The summed E-state index contributed by atoms with van der Waals surface area (Å²) < 4.78 is 27.8. The maximum atomic E-state index is 11.9. The molecule has 0 bridgehead atoms. The summed E-state index contributed by atoms with van der Waals surface area (Å²) in [5.41, 5.74) is 0. The first-order chi connectivity index (χ1) is 8.58. The van der Waals surface area contributed by atoms with Gasteiger partial charge in [-0.1, -0.05) is 29.8 Å². The molecule has 0 aliphatic rings. The van der Waals surface area contributed by atoms with E-state index in [0.29, 0.717) is 11.6 Å². The molecule has 0 fully saturated rings. The number of rotatable bonds is 5. The highest BCUT2D eigenvalue weighted by Crippen LogP contribution is 2.07. The van der Waals surface area contributed by atoms with Gasteiger partial charge in [-0.25, -0.2) is 13.1 Å². The Balaban J connectivity index is 1.94. The molecule has 0 unspecified atom stereocenters. The van der Waals surface area contributed by atoms with Crippen LogP contribution in [0.4, 0.5) is 0 Å². The van der Waals surface area contributed by atoms with Crippen LogP contribution in [0, 0.1) is 0 Å². The highest BCUT2D eigenvalue weighted by molar-refractivity contribution is 7.89. The first-order valence-corrected chi connectivity index (χ1v) is 7.17. The van der Waals surface area contributed by atoms with Crippen molar-refractivity contribution >= 4 is 21.6 Å². The molecule has 0 aliphatic heterocycles. The van der Waals surface area contributed by atoms with Gasteiger partial charge in [-0.2, -0.15) is 5.10 Å². The Morgan fingerprint density at radius 3 is 2.61 bits per heavy atom. The summed E-state index contributed by atoms with van der Waals surface area (Å²) in [7, 11) is -3.45. The fourth-order valence-corrected chi connectivity index (χ4v) is 2.64. The number of nitrogens with one attached hydrogen (secondary N) is 1. The molecule has 0 saturated carbocycles. The van der Waals surface area contributed by atoms with E-state index in [1.54, 1.807) is 41.2 Å². The fourth-order valence-electron chi connectivity index (χ4n) is 1.44. The van der Waals surface area contributed by atoms with Gasteiger partial charge in [0, 0.05) is 12.7 Å². The molecule has 0 spiro atoms. The number of nitrogens with zero attached hydrogens (tertiary/aromatic N) is 2. The van der Waals surface area contributed by atoms with E-state index in [9.17, 15) is 8.42 Å². The largest absolute Gasteiger partial charge is 0.270 e. The predicted octanol–water partition coefficient (Wildman–Crippen LogP) is 1.51. The second kappa shape index (κ2) is 5.51. The predicted molar refractivity (Wildman–Crippen MR) is 68.9 cm³/mol. The van der Waals surface area contributed by atoms with Crippen molar-refractivity contribution in [1.29, 1.82) is 0 Å². The molecule has 18 heavy (non-hydrogen) atoms. The Morgan fingerprint density at radius 2 is 2.00 bits per heavy atom. The van der Waals surface area contributed by atoms with Crippen LogP contribution >= 0.6 is 11.6 Å². The van der Waals surface area contributed by atoms with Crippen molar-refractivity contribution in [2.45, 2.75) is 11.4 Å². The lowest BCUT2D eigenvalue weighted by Gasteiger charge is -2.06. The molecule has 1 heterocycles. The van der Waals surface area contributed by atoms with E-state index in [2.05, 4.69) is 9.82 Å². The standard InChI is InChI=1S/C11H12ClN3O2S/c12-10-8-13-15(9-10)7-6-14-18(16,17)11-4-2-1-3-5-11/h1-5,8-9,14H,6-7H2. The summed E-state index contributed by atoms with van der Waals surface area (Å²) in [5, 5.41) is 4.49. The maximum Gasteiger partial charge on any atom is 0.240 e. The third kappa shape index (κ3) is 3.32. The Morgan fingerprint density at radius 1 is 1.28 bits per heavy atom. The van der Waals surface area contributed by atoms with Gasteiger partial charge in [-0.15, -0.1) is 0 Å². The van der Waals surface area contributed by atoms with Crippen molar-refractivity contribution in [3.05, 3.63) is 47.7 Å². The van der Waals surface area contributed by atoms with Crippen LogP contribution in [0.3, 0.4) is 0 Å². The Bertz CT molecular complexity index is 610. The molecule has 1 aromatic heterocycles. The SMILES string of the molecule is O=S(=O)(NCCn1cc(Cl)cn1)c1ccccc1. The van der Waals surface area contributed by atoms with Crippen molar-refractivity contribution in [3.8, 4) is 0 Å². The van der Waals surface area contributed by atoms with E-state index >= 15 is 0 Å². The van der Waals surface area contributed by atoms with E-state index in [-0.39, 0.29) is 11.4 Å². The minimum Gasteiger partial charge on any atom is -0.270 e. The lowest BCUT2D eigenvalue weighted by molar-refractivity contribution is 0.561. The van der Waals surface area contributed by atoms with Gasteiger partial charge >= 0.3 is 0 Å². The zero-order valence-electron chi connectivity index (χ0n) is 9.45. The molecular formula is C11H12ClN3O2S. The number of hydrogen-bond acceptors (Lipinski definition) is 3. The fraction of sp³-hybridized carbons (Fsp3) is 0.182. The molecular weight excluding hydrogens is 274 g/mol. The van der Waals surface area contributed by atoms with Gasteiger partial charge in [-0.05, 0) is 12.1 Å². The van der Waals surface area contributed by atoms with Gasteiger partial charge < -0.3 is 0 Å². The zero-order chi connectivity index (χ0) is 13.0. The van der Waals surface area contributed by atoms with Crippen molar-refractivity contribution < 1.29 is 8.42 Å². The molecule has 2 aromatic rings. The van der Waals surface area contributed by atoms with Crippen LogP contribution in [0.25, 0.3) is 0 Å². The molecule has 0 saturated heterocycles. The van der Waals surface area contributed by atoms with Gasteiger partial charge in [0.2, 0.25) is 10.0 Å². The average molecular weight is 286 g/mol. The number of benzene rings is 1. The Kier molecular flexibility index (Phi) is 4.00. The second-order valence-electron chi connectivity index (χ2n) is 3.63. The van der Waals surface area contributed by atoms with Crippen LogP contribution in [-0.2, 0) is 16.6 Å². The third-order valence-corrected chi connectivity index (χ3v) is 3.96. The summed E-state index contributed by atoms with van der Waals surface area (Å²) in [5.74, 6) is 0. The van der Waals surface area contributed by atoms with Crippen LogP contribution in [0.5, 0.6) is 0 Å². The van der Waals surface area contributed by atoms with E-state index in [1.165, 1.54) is 6.20 Å². The van der Waals surface area contributed by atoms with Gasteiger partial charge in [0.15, 0.2) is 0 Å². The monoisotopic (exact) mass is 285 g/mol. The number of halogens is 1. The average Bonchev–Trinajstić information content (AvgIpc) is 2.76. The Hall–Kier alpha value is -1.37. The maximum absolute atomic E-state index is 11.9. The van der Waals surface area contributed by atoms with Gasteiger partial charge in [0.05, 0.1) is 22.7 Å². The normalized spacial score (nSPS) is 11.6. The van der Waals surface area contributed by atoms with Crippen LogP contribution < -0.4 is 4.72 Å². The van der Waals surface area contributed by atoms with Crippen LogP contribution in [-0.4, -0.2) is 24.7 Å². The van der Waals surface area contributed by atoms with E-state index in [1.807, 2.05) is 0 Å². The second-order valence-corrected chi connectivity index (χ2v) is 5.84. The van der Waals surface area contributed by atoms with Crippen LogP contribution in [0.2, 0.25) is 5.02 Å². The molecule has 0 radical (unpaired) electrons. The van der Waals surface area contributed by atoms with E-state index in [4.69, 9.17) is 11.6 Å². The highest BCUT2D eigenvalue weighted by Gasteiger charge is 2.12. The zero-order valence-corrected chi connectivity index (χ0v) is 11.0. The van der Waals surface area contributed by atoms with E-state index < -0.39 is 10.0 Å². The summed E-state index contributed by atoms with van der Waals surface area (Å²) in [6, 6.07) is 8.23. The molecule has 0 aliphatic carbocycles. The van der Waals surface area contributed by atoms with Crippen molar-refractivity contribution in [2.75, 3.05) is 6.54 Å². The van der Waals surface area contributed by atoms with Crippen molar-refractivity contribution in [3.63, 3.8) is 0 Å². The first kappa shape index (κ1) is 13.1. The number of hydrogen-bond donors (Lipinski definition) is 1. The summed E-state index contributed by atoms with van der Waals surface area (Å²) >= 11 is 5.70. The first-order valence-electron chi connectivity index (χ1n) is 5.30. The van der Waals surface area contributed by atoms with Crippen molar-refractivity contribution in [1.82, 2.24) is 14.5 Å². The summed E-state index contributed by atoms with van der Waals surface area (Å²) in [6.45, 7) is 0.689. The lowest BCUT2D eigenvalue weighted by Crippen LogP contribution is -2.27. The topological polar surface area (TPSA) is 64.0 Å². The molecule has 5 nitrogen and oxygen atoms in total. The quantitative estimate of drug-likeness (QED) is 0.906. The Labute approximate surface area is 110 Å².